The molecule has 0 aliphatic carbocycles. The highest BCUT2D eigenvalue weighted by atomic mass is 16.6. The Labute approximate surface area is 134 Å². The summed E-state index contributed by atoms with van der Waals surface area (Å²) in [5, 5.41) is 0. The highest BCUT2D eigenvalue weighted by Gasteiger charge is 2.43. The molecule has 8 nitrogen and oxygen atoms in total. The average molecular weight is 323 g/mol. The van der Waals surface area contributed by atoms with E-state index in [-0.39, 0.29) is 12.6 Å². The summed E-state index contributed by atoms with van der Waals surface area (Å²) >= 11 is 0. The van der Waals surface area contributed by atoms with Gasteiger partial charge in [-0.2, -0.15) is 0 Å². The van der Waals surface area contributed by atoms with E-state index in [1.165, 1.54) is 18.3 Å². The van der Waals surface area contributed by atoms with Crippen LogP contribution in [0.2, 0.25) is 0 Å². The van der Waals surface area contributed by atoms with Crippen molar-refractivity contribution in [3.63, 3.8) is 0 Å². The number of hydrogen-bond donors (Lipinski definition) is 0. The van der Waals surface area contributed by atoms with Gasteiger partial charge in [-0.05, 0) is 20.8 Å². The highest BCUT2D eigenvalue weighted by Crippen LogP contribution is 2.25. The number of rotatable bonds is 3. The van der Waals surface area contributed by atoms with Crippen molar-refractivity contribution in [3.05, 3.63) is 18.6 Å². The Kier molecular flexibility index (Phi) is 5.02. The van der Waals surface area contributed by atoms with Gasteiger partial charge in [-0.3, -0.25) is 4.90 Å². The standard InChI is InChI=1S/C15H21N3O5/c1-15(2,3)23-14(20)18-8-10(7-11(18)13(19)21-4)22-12-5-6-16-9-17-12/h5-6,9-11H,7-8H2,1-4H3. The Hall–Kier alpha value is -2.38. The Morgan fingerprint density at radius 3 is 2.65 bits per heavy atom. The van der Waals surface area contributed by atoms with Gasteiger partial charge in [0.1, 0.15) is 24.1 Å². The third-order valence-corrected chi connectivity index (χ3v) is 3.21. The van der Waals surface area contributed by atoms with Crippen molar-refractivity contribution < 1.29 is 23.8 Å². The average Bonchev–Trinajstić information content (AvgIpc) is 2.90. The molecule has 0 saturated carbocycles. The van der Waals surface area contributed by atoms with Crippen LogP contribution in [0.5, 0.6) is 5.88 Å². The topological polar surface area (TPSA) is 90.9 Å². The van der Waals surface area contributed by atoms with Gasteiger partial charge in [0.2, 0.25) is 5.88 Å². The monoisotopic (exact) mass is 323 g/mol. The maximum Gasteiger partial charge on any atom is 0.411 e. The van der Waals surface area contributed by atoms with Crippen LogP contribution in [-0.2, 0) is 14.3 Å². The second kappa shape index (κ2) is 6.80. The minimum atomic E-state index is -0.735. The second-order valence-corrected chi connectivity index (χ2v) is 6.19. The quantitative estimate of drug-likeness (QED) is 0.777. The molecule has 0 N–H and O–H groups in total. The Morgan fingerprint density at radius 2 is 2.09 bits per heavy atom. The Bertz CT molecular complexity index is 558. The first-order chi connectivity index (χ1) is 10.8. The molecule has 0 bridgehead atoms. The molecule has 2 rings (SSSR count). The molecule has 126 valence electrons. The lowest BCUT2D eigenvalue weighted by Gasteiger charge is -2.27. The number of hydrogen-bond acceptors (Lipinski definition) is 7. The molecule has 0 aromatic carbocycles. The van der Waals surface area contributed by atoms with Gasteiger partial charge >= 0.3 is 12.1 Å². The van der Waals surface area contributed by atoms with Gasteiger partial charge in [-0.15, -0.1) is 0 Å². The summed E-state index contributed by atoms with van der Waals surface area (Å²) in [6, 6.07) is 0.880. The van der Waals surface area contributed by atoms with Gasteiger partial charge in [0.15, 0.2) is 0 Å². The van der Waals surface area contributed by atoms with Crippen molar-refractivity contribution in [2.24, 2.45) is 0 Å². The number of likely N-dealkylation sites (tertiary alicyclic amines) is 1. The molecule has 1 fully saturated rings. The van der Waals surface area contributed by atoms with Crippen LogP contribution in [-0.4, -0.2) is 58.3 Å². The number of carbonyl (C=O) groups is 2. The van der Waals surface area contributed by atoms with Gasteiger partial charge in [0, 0.05) is 18.7 Å². The summed E-state index contributed by atoms with van der Waals surface area (Å²) < 4.78 is 15.8. The maximum atomic E-state index is 12.3. The van der Waals surface area contributed by atoms with Crippen LogP contribution in [0.25, 0.3) is 0 Å². The predicted molar refractivity (Wildman–Crippen MR) is 79.8 cm³/mol. The third kappa shape index (κ3) is 4.54. The molecule has 2 heterocycles. The highest BCUT2D eigenvalue weighted by molar-refractivity contribution is 5.82. The first-order valence-corrected chi connectivity index (χ1v) is 7.30. The van der Waals surface area contributed by atoms with Gasteiger partial charge < -0.3 is 14.2 Å². The number of nitrogens with zero attached hydrogens (tertiary/aromatic N) is 3. The maximum absolute atomic E-state index is 12.3. The molecule has 0 radical (unpaired) electrons. The fourth-order valence-corrected chi connectivity index (χ4v) is 2.28. The fourth-order valence-electron chi connectivity index (χ4n) is 2.28. The van der Waals surface area contributed by atoms with Crippen LogP contribution < -0.4 is 4.74 Å². The van der Waals surface area contributed by atoms with Crippen LogP contribution in [0.1, 0.15) is 27.2 Å². The van der Waals surface area contributed by atoms with Crippen LogP contribution in [0.3, 0.4) is 0 Å². The van der Waals surface area contributed by atoms with E-state index < -0.39 is 23.7 Å². The van der Waals surface area contributed by atoms with E-state index in [4.69, 9.17) is 14.2 Å². The molecular formula is C15H21N3O5. The van der Waals surface area contributed by atoms with Gasteiger partial charge in [-0.1, -0.05) is 0 Å². The molecule has 1 aromatic rings. The van der Waals surface area contributed by atoms with Crippen LogP contribution in [0.15, 0.2) is 18.6 Å². The molecule has 1 aliphatic rings. The van der Waals surface area contributed by atoms with E-state index in [1.54, 1.807) is 33.0 Å². The zero-order chi connectivity index (χ0) is 17.0. The fraction of sp³-hybridized carbons (Fsp3) is 0.600. The molecule has 2 atom stereocenters. The third-order valence-electron chi connectivity index (χ3n) is 3.21. The first-order valence-electron chi connectivity index (χ1n) is 7.30. The van der Waals surface area contributed by atoms with Crippen molar-refractivity contribution >= 4 is 12.1 Å². The lowest BCUT2D eigenvalue weighted by atomic mass is 10.2. The summed E-state index contributed by atoms with van der Waals surface area (Å²) in [5.41, 5.74) is -0.649. The van der Waals surface area contributed by atoms with Crippen molar-refractivity contribution in [1.29, 1.82) is 0 Å². The van der Waals surface area contributed by atoms with Crippen LogP contribution >= 0.6 is 0 Å². The summed E-state index contributed by atoms with van der Waals surface area (Å²) in [5.74, 6) is -0.107. The molecule has 8 heteroatoms. The molecule has 1 saturated heterocycles. The molecule has 23 heavy (non-hydrogen) atoms. The van der Waals surface area contributed by atoms with Gasteiger partial charge in [0.25, 0.3) is 0 Å². The number of aromatic nitrogens is 2. The number of carbonyl (C=O) groups excluding carboxylic acids is 2. The summed E-state index contributed by atoms with van der Waals surface area (Å²) in [4.78, 5) is 33.4. The number of esters is 1. The lowest BCUT2D eigenvalue weighted by molar-refractivity contribution is -0.145. The Morgan fingerprint density at radius 1 is 1.35 bits per heavy atom. The predicted octanol–water partition coefficient (Wildman–Crippen LogP) is 1.41. The zero-order valence-electron chi connectivity index (χ0n) is 13.7. The smallest absolute Gasteiger partial charge is 0.411 e. The van der Waals surface area contributed by atoms with E-state index in [2.05, 4.69) is 9.97 Å². The SMILES string of the molecule is COC(=O)C1CC(Oc2ccncn2)CN1C(=O)OC(C)(C)C. The van der Waals surface area contributed by atoms with E-state index in [0.29, 0.717) is 12.3 Å². The van der Waals surface area contributed by atoms with Crippen molar-refractivity contribution in [2.75, 3.05) is 13.7 Å². The van der Waals surface area contributed by atoms with Crippen molar-refractivity contribution in [1.82, 2.24) is 14.9 Å². The minimum absolute atomic E-state index is 0.221. The number of ether oxygens (including phenoxy) is 3. The molecule has 1 aliphatic heterocycles. The lowest BCUT2D eigenvalue weighted by Crippen LogP contribution is -2.44. The van der Waals surface area contributed by atoms with Gasteiger partial charge in [-0.25, -0.2) is 19.6 Å². The molecule has 2 unspecified atom stereocenters. The van der Waals surface area contributed by atoms with E-state index in [1.807, 2.05) is 0 Å². The molecule has 1 amide bonds. The van der Waals surface area contributed by atoms with Crippen LogP contribution in [0, 0.1) is 0 Å². The van der Waals surface area contributed by atoms with Gasteiger partial charge in [0.05, 0.1) is 13.7 Å². The molecule has 1 aromatic heterocycles. The minimum Gasteiger partial charge on any atom is -0.472 e. The van der Waals surface area contributed by atoms with E-state index in [0.717, 1.165) is 0 Å². The summed E-state index contributed by atoms with van der Waals surface area (Å²) in [6.45, 7) is 5.52. The number of amides is 1. The summed E-state index contributed by atoms with van der Waals surface area (Å²) in [7, 11) is 1.29. The molecular weight excluding hydrogens is 302 g/mol. The Balaban J connectivity index is 2.09. The second-order valence-electron chi connectivity index (χ2n) is 6.19. The zero-order valence-corrected chi connectivity index (χ0v) is 13.7. The first kappa shape index (κ1) is 17.0. The summed E-state index contributed by atoms with van der Waals surface area (Å²) in [6.07, 6.45) is 2.30. The van der Waals surface area contributed by atoms with E-state index in [9.17, 15) is 9.59 Å². The van der Waals surface area contributed by atoms with Crippen molar-refractivity contribution in [2.45, 2.75) is 44.9 Å². The van der Waals surface area contributed by atoms with E-state index >= 15 is 0 Å². The largest absolute Gasteiger partial charge is 0.472 e. The number of methoxy groups -OCH3 is 1. The van der Waals surface area contributed by atoms with Crippen LogP contribution in [0.4, 0.5) is 4.79 Å². The normalized spacial score (nSPS) is 21.0. The van der Waals surface area contributed by atoms with Crippen molar-refractivity contribution in [3.8, 4) is 5.88 Å². The molecule has 0 spiro atoms.